The third-order valence-electron chi connectivity index (χ3n) is 9.93. The van der Waals surface area contributed by atoms with Crippen LogP contribution in [0.4, 0.5) is 0 Å². The van der Waals surface area contributed by atoms with E-state index in [0.717, 1.165) is 56.9 Å². The van der Waals surface area contributed by atoms with E-state index in [-0.39, 0.29) is 11.3 Å². The fourth-order valence-corrected chi connectivity index (χ4v) is 7.72. The highest BCUT2D eigenvalue weighted by atomic mass is 35.5. The lowest BCUT2D eigenvalue weighted by Gasteiger charge is -2.42. The Morgan fingerprint density at radius 2 is 1.51 bits per heavy atom. The maximum absolute atomic E-state index is 14.1. The van der Waals surface area contributed by atoms with Crippen LogP contribution in [0, 0.1) is 0 Å². The van der Waals surface area contributed by atoms with Gasteiger partial charge in [0.15, 0.2) is 11.5 Å². The first kappa shape index (κ1) is 32.2. The van der Waals surface area contributed by atoms with Gasteiger partial charge in [0.25, 0.3) is 5.91 Å². The number of likely N-dealkylation sites (tertiary alicyclic amines) is 3. The van der Waals surface area contributed by atoms with E-state index < -0.39 is 0 Å². The Balaban J connectivity index is 1.37. The number of hydrogen-bond donors (Lipinski definition) is 0. The average molecular weight is 633 g/mol. The van der Waals surface area contributed by atoms with Crippen LogP contribution in [0.15, 0.2) is 30.3 Å². The van der Waals surface area contributed by atoms with Gasteiger partial charge in [0.1, 0.15) is 0 Å². The van der Waals surface area contributed by atoms with Crippen molar-refractivity contribution in [2.45, 2.75) is 69.2 Å². The molecule has 0 N–H and O–H groups in total. The largest absolute Gasteiger partial charge is 0.493 e. The zero-order valence-electron chi connectivity index (χ0n) is 26.0. The van der Waals surface area contributed by atoms with Crippen LogP contribution in [-0.4, -0.2) is 93.8 Å². The van der Waals surface area contributed by atoms with Crippen LogP contribution in [-0.2, 0) is 5.41 Å². The smallest absolute Gasteiger partial charge is 0.254 e. The predicted molar refractivity (Wildman–Crippen MR) is 173 cm³/mol. The molecule has 1 atom stereocenters. The van der Waals surface area contributed by atoms with E-state index in [9.17, 15) is 4.79 Å². The summed E-state index contributed by atoms with van der Waals surface area (Å²) in [5.41, 5.74) is 1.46. The molecule has 0 bridgehead atoms. The minimum Gasteiger partial charge on any atom is -0.493 e. The van der Waals surface area contributed by atoms with E-state index >= 15 is 0 Å². The lowest BCUT2D eigenvalue weighted by atomic mass is 9.73. The maximum atomic E-state index is 14.1. The predicted octanol–water partition coefficient (Wildman–Crippen LogP) is 6.92. The molecule has 0 unspecified atom stereocenters. The van der Waals surface area contributed by atoms with Gasteiger partial charge in [0.2, 0.25) is 5.75 Å². The number of nitrogens with zero attached hydrogens (tertiary/aromatic N) is 3. The summed E-state index contributed by atoms with van der Waals surface area (Å²) in [4.78, 5) is 21.5. The number of methoxy groups -OCH3 is 3. The first-order chi connectivity index (χ1) is 20.9. The molecule has 1 amide bonds. The van der Waals surface area contributed by atoms with Crippen molar-refractivity contribution in [3.63, 3.8) is 0 Å². The molecular formula is C34H47Cl2N3O4. The zero-order valence-corrected chi connectivity index (χ0v) is 27.5. The summed E-state index contributed by atoms with van der Waals surface area (Å²) < 4.78 is 16.6. The van der Waals surface area contributed by atoms with Crippen LogP contribution in [0.25, 0.3) is 0 Å². The molecule has 2 aromatic carbocycles. The van der Waals surface area contributed by atoms with Crippen LogP contribution in [0.2, 0.25) is 10.0 Å². The molecule has 2 aromatic rings. The summed E-state index contributed by atoms with van der Waals surface area (Å²) in [6.45, 7) is 7.10. The fourth-order valence-electron chi connectivity index (χ4n) is 7.42. The molecule has 43 heavy (non-hydrogen) atoms. The normalized spacial score (nSPS) is 22.7. The Morgan fingerprint density at radius 3 is 2.14 bits per heavy atom. The molecule has 0 aromatic heterocycles. The second-order valence-electron chi connectivity index (χ2n) is 12.4. The molecule has 9 heteroatoms. The summed E-state index contributed by atoms with van der Waals surface area (Å²) in [6, 6.07) is 10.3. The van der Waals surface area contributed by atoms with Crippen LogP contribution in [0.5, 0.6) is 17.2 Å². The Labute approximate surface area is 267 Å². The summed E-state index contributed by atoms with van der Waals surface area (Å²) in [6.07, 6.45) is 10.5. The van der Waals surface area contributed by atoms with Gasteiger partial charge < -0.3 is 28.9 Å². The molecule has 0 saturated carbocycles. The second kappa shape index (κ2) is 14.7. The minimum atomic E-state index is -0.231. The number of hydrogen-bond acceptors (Lipinski definition) is 6. The van der Waals surface area contributed by atoms with Gasteiger partial charge in [-0.25, -0.2) is 0 Å². The van der Waals surface area contributed by atoms with Crippen molar-refractivity contribution < 1.29 is 19.0 Å². The number of piperidine rings is 2. The van der Waals surface area contributed by atoms with Gasteiger partial charge in [-0.05, 0) is 107 Å². The number of carbonyl (C=O) groups excluding carboxylic acids is 1. The van der Waals surface area contributed by atoms with Crippen molar-refractivity contribution in [1.82, 2.24) is 14.7 Å². The SMILES string of the molecule is COc1cc(C(=O)N2CCCC[C@](CCN3CCC(N4CCCCC4)CC3)(c3ccc(Cl)c(Cl)c3)C2)cc(OC)c1OC. The van der Waals surface area contributed by atoms with E-state index in [1.54, 1.807) is 33.5 Å². The molecule has 3 aliphatic heterocycles. The zero-order chi connectivity index (χ0) is 30.4. The van der Waals surface area contributed by atoms with Crippen molar-refractivity contribution in [3.05, 3.63) is 51.5 Å². The monoisotopic (exact) mass is 631 g/mol. The van der Waals surface area contributed by atoms with Crippen molar-refractivity contribution in [2.24, 2.45) is 0 Å². The Bertz CT molecular complexity index is 1220. The van der Waals surface area contributed by atoms with E-state index in [1.807, 2.05) is 17.0 Å². The summed E-state index contributed by atoms with van der Waals surface area (Å²) in [5, 5.41) is 1.12. The van der Waals surface area contributed by atoms with Crippen LogP contribution >= 0.6 is 23.2 Å². The number of rotatable bonds is 9. The van der Waals surface area contributed by atoms with Crippen molar-refractivity contribution >= 4 is 29.1 Å². The molecule has 0 aliphatic carbocycles. The third-order valence-corrected chi connectivity index (χ3v) is 10.7. The Kier molecular flexibility index (Phi) is 11.0. The Hall–Kier alpha value is -2.19. The average Bonchev–Trinajstić information content (AvgIpc) is 3.28. The van der Waals surface area contributed by atoms with Crippen molar-refractivity contribution in [2.75, 3.05) is 67.1 Å². The number of carbonyl (C=O) groups is 1. The van der Waals surface area contributed by atoms with Crippen LogP contribution in [0.1, 0.15) is 73.7 Å². The molecule has 5 rings (SSSR count). The molecule has 0 spiro atoms. The molecule has 0 radical (unpaired) electrons. The molecule has 3 aliphatic rings. The molecule has 3 heterocycles. The van der Waals surface area contributed by atoms with Gasteiger partial charge in [-0.3, -0.25) is 4.79 Å². The van der Waals surface area contributed by atoms with Crippen molar-refractivity contribution in [1.29, 1.82) is 0 Å². The topological polar surface area (TPSA) is 54.5 Å². The highest BCUT2D eigenvalue weighted by Gasteiger charge is 2.39. The lowest BCUT2D eigenvalue weighted by Crippen LogP contribution is -2.48. The third kappa shape index (κ3) is 7.38. The standard InChI is InChI=1S/C34H47Cl2N3O4/c1-41-30-21-25(22-31(42-2)32(30)43-3)33(40)39-17-8-5-13-34(24-39,26-9-10-28(35)29(36)23-26)14-20-37-18-11-27(12-19-37)38-15-6-4-7-16-38/h9-10,21-23,27H,4-8,11-20,24H2,1-3H3/t34-/m1/s1. The van der Waals surface area contributed by atoms with Crippen molar-refractivity contribution in [3.8, 4) is 17.2 Å². The highest BCUT2D eigenvalue weighted by molar-refractivity contribution is 6.42. The first-order valence-electron chi connectivity index (χ1n) is 15.9. The van der Waals surface area contributed by atoms with Gasteiger partial charge in [0, 0.05) is 30.1 Å². The maximum Gasteiger partial charge on any atom is 0.254 e. The van der Waals surface area contributed by atoms with E-state index in [4.69, 9.17) is 37.4 Å². The quantitative estimate of drug-likeness (QED) is 0.299. The molecule has 3 fully saturated rings. The van der Waals surface area contributed by atoms with E-state index in [0.29, 0.717) is 45.9 Å². The molecule has 7 nitrogen and oxygen atoms in total. The molecule has 236 valence electrons. The number of ether oxygens (including phenoxy) is 3. The fraction of sp³-hybridized carbons (Fsp3) is 0.618. The molecular weight excluding hydrogens is 585 g/mol. The van der Waals surface area contributed by atoms with Crippen LogP contribution in [0.3, 0.4) is 0 Å². The summed E-state index contributed by atoms with van der Waals surface area (Å²) in [7, 11) is 4.71. The van der Waals surface area contributed by atoms with Gasteiger partial charge in [0.05, 0.1) is 31.4 Å². The number of benzene rings is 2. The highest BCUT2D eigenvalue weighted by Crippen LogP contribution is 2.42. The lowest BCUT2D eigenvalue weighted by molar-refractivity contribution is 0.0695. The van der Waals surface area contributed by atoms with Gasteiger partial charge in [-0.1, -0.05) is 42.1 Å². The second-order valence-corrected chi connectivity index (χ2v) is 13.2. The van der Waals surface area contributed by atoms with E-state index in [1.165, 1.54) is 45.2 Å². The number of halogens is 2. The van der Waals surface area contributed by atoms with Gasteiger partial charge in [-0.15, -0.1) is 0 Å². The van der Waals surface area contributed by atoms with Crippen LogP contribution < -0.4 is 14.2 Å². The van der Waals surface area contributed by atoms with Gasteiger partial charge in [-0.2, -0.15) is 0 Å². The summed E-state index contributed by atoms with van der Waals surface area (Å²) >= 11 is 13.0. The summed E-state index contributed by atoms with van der Waals surface area (Å²) in [5.74, 6) is 1.40. The van der Waals surface area contributed by atoms with Gasteiger partial charge >= 0.3 is 0 Å². The Morgan fingerprint density at radius 1 is 0.837 bits per heavy atom. The number of amides is 1. The van der Waals surface area contributed by atoms with E-state index in [2.05, 4.69) is 15.9 Å². The first-order valence-corrected chi connectivity index (χ1v) is 16.6. The molecule has 3 saturated heterocycles. The minimum absolute atomic E-state index is 0.0343.